The molecule has 0 aromatic carbocycles. The predicted octanol–water partition coefficient (Wildman–Crippen LogP) is 3.70. The van der Waals surface area contributed by atoms with Crippen molar-refractivity contribution in [3.63, 3.8) is 0 Å². The van der Waals surface area contributed by atoms with Crippen molar-refractivity contribution >= 4 is 34.5 Å². The van der Waals surface area contributed by atoms with Gasteiger partial charge in [0.15, 0.2) is 10.8 Å². The van der Waals surface area contributed by atoms with Gasteiger partial charge in [0.05, 0.1) is 18.1 Å². The van der Waals surface area contributed by atoms with Crippen LogP contribution in [-0.2, 0) is 11.3 Å². The van der Waals surface area contributed by atoms with Gasteiger partial charge in [-0.3, -0.25) is 4.79 Å². The number of hydrogen-bond acceptors (Lipinski definition) is 6. The molecular formula is C19H32N6OS. The SMILES string of the molecule is CCCC(CCC)C(=O)NCCn1ncc2c(NC(C)C)nc(SC)nc21. The number of fused-ring (bicyclic) bond motifs is 1. The molecule has 2 heterocycles. The van der Waals surface area contributed by atoms with Gasteiger partial charge in [-0.15, -0.1) is 0 Å². The van der Waals surface area contributed by atoms with Crippen LogP contribution in [-0.4, -0.2) is 44.5 Å². The molecule has 0 radical (unpaired) electrons. The number of nitrogens with one attached hydrogen (secondary N) is 2. The lowest BCUT2D eigenvalue weighted by Crippen LogP contribution is -2.33. The largest absolute Gasteiger partial charge is 0.367 e. The second kappa shape index (κ2) is 10.5. The van der Waals surface area contributed by atoms with Crippen LogP contribution in [0.3, 0.4) is 0 Å². The standard InChI is InChI=1S/C19H32N6OS/c1-6-8-14(9-7-2)18(26)20-10-11-25-17-15(12-21-25)16(22-13(3)4)23-19(24-17)27-5/h12-14H,6-11H2,1-5H3,(H,20,26)(H,22,23,24). The summed E-state index contributed by atoms with van der Waals surface area (Å²) in [6, 6.07) is 0.273. The van der Waals surface area contributed by atoms with Crippen molar-refractivity contribution in [1.82, 2.24) is 25.1 Å². The number of carbonyl (C=O) groups excluding carboxylic acids is 1. The summed E-state index contributed by atoms with van der Waals surface area (Å²) in [6.07, 6.45) is 7.70. The van der Waals surface area contributed by atoms with E-state index in [2.05, 4.69) is 53.4 Å². The summed E-state index contributed by atoms with van der Waals surface area (Å²) in [5.41, 5.74) is 0.797. The van der Waals surface area contributed by atoms with Crippen LogP contribution in [0, 0.1) is 5.92 Å². The number of thioether (sulfide) groups is 1. The van der Waals surface area contributed by atoms with E-state index in [0.29, 0.717) is 18.2 Å². The Labute approximate surface area is 166 Å². The molecule has 0 aliphatic rings. The molecule has 0 aliphatic heterocycles. The quantitative estimate of drug-likeness (QED) is 0.448. The Morgan fingerprint density at radius 1 is 1.22 bits per heavy atom. The molecule has 27 heavy (non-hydrogen) atoms. The Kier molecular flexibility index (Phi) is 8.34. The molecule has 0 unspecified atom stereocenters. The fourth-order valence-electron chi connectivity index (χ4n) is 3.11. The minimum absolute atomic E-state index is 0.113. The number of amides is 1. The molecule has 2 aromatic heterocycles. The number of hydrogen-bond donors (Lipinski definition) is 2. The Hall–Kier alpha value is -1.83. The molecule has 0 saturated heterocycles. The third kappa shape index (κ3) is 5.82. The minimum Gasteiger partial charge on any atom is -0.367 e. The maximum atomic E-state index is 12.4. The monoisotopic (exact) mass is 392 g/mol. The lowest BCUT2D eigenvalue weighted by molar-refractivity contribution is -0.125. The lowest BCUT2D eigenvalue weighted by Gasteiger charge is -2.15. The summed E-state index contributed by atoms with van der Waals surface area (Å²) in [6.45, 7) is 9.54. The Bertz CT molecular complexity index is 739. The lowest BCUT2D eigenvalue weighted by atomic mass is 9.97. The van der Waals surface area contributed by atoms with Gasteiger partial charge in [0, 0.05) is 18.5 Å². The van der Waals surface area contributed by atoms with Crippen molar-refractivity contribution in [2.75, 3.05) is 18.1 Å². The second-order valence-electron chi connectivity index (χ2n) is 7.03. The topological polar surface area (TPSA) is 84.7 Å². The van der Waals surface area contributed by atoms with Crippen LogP contribution >= 0.6 is 11.8 Å². The molecular weight excluding hydrogens is 360 g/mol. The zero-order valence-electron chi connectivity index (χ0n) is 17.1. The van der Waals surface area contributed by atoms with Crippen molar-refractivity contribution < 1.29 is 4.79 Å². The first-order chi connectivity index (χ1) is 13.0. The van der Waals surface area contributed by atoms with Crippen molar-refractivity contribution in [2.45, 2.75) is 71.1 Å². The van der Waals surface area contributed by atoms with Crippen LogP contribution in [0.15, 0.2) is 11.4 Å². The third-order valence-electron chi connectivity index (χ3n) is 4.35. The van der Waals surface area contributed by atoms with Gasteiger partial charge in [-0.1, -0.05) is 38.5 Å². The predicted molar refractivity (Wildman–Crippen MR) is 112 cm³/mol. The van der Waals surface area contributed by atoms with E-state index in [1.165, 1.54) is 11.8 Å². The summed E-state index contributed by atoms with van der Waals surface area (Å²) < 4.78 is 1.84. The molecule has 2 N–H and O–H groups in total. The van der Waals surface area contributed by atoms with E-state index < -0.39 is 0 Å². The molecule has 0 atom stereocenters. The van der Waals surface area contributed by atoms with Crippen molar-refractivity contribution in [2.24, 2.45) is 5.92 Å². The number of rotatable bonds is 11. The van der Waals surface area contributed by atoms with Crippen molar-refractivity contribution in [3.8, 4) is 0 Å². The highest BCUT2D eigenvalue weighted by Gasteiger charge is 2.17. The van der Waals surface area contributed by atoms with E-state index in [1.807, 2.05) is 10.9 Å². The van der Waals surface area contributed by atoms with Gasteiger partial charge < -0.3 is 10.6 Å². The number of anilines is 1. The summed E-state index contributed by atoms with van der Waals surface area (Å²) in [7, 11) is 0. The molecule has 0 bridgehead atoms. The highest BCUT2D eigenvalue weighted by molar-refractivity contribution is 7.98. The van der Waals surface area contributed by atoms with E-state index in [-0.39, 0.29) is 17.9 Å². The number of aromatic nitrogens is 4. The molecule has 8 heteroatoms. The van der Waals surface area contributed by atoms with Gasteiger partial charge in [0.1, 0.15) is 5.82 Å². The average Bonchev–Trinajstić information content (AvgIpc) is 3.04. The van der Waals surface area contributed by atoms with Crippen LogP contribution in [0.25, 0.3) is 11.0 Å². The first-order valence-electron chi connectivity index (χ1n) is 9.81. The molecule has 0 fully saturated rings. The molecule has 0 spiro atoms. The maximum Gasteiger partial charge on any atom is 0.223 e. The molecule has 1 amide bonds. The van der Waals surface area contributed by atoms with Crippen LogP contribution in [0.2, 0.25) is 0 Å². The molecule has 2 aromatic rings. The van der Waals surface area contributed by atoms with E-state index in [9.17, 15) is 4.79 Å². The van der Waals surface area contributed by atoms with E-state index in [0.717, 1.165) is 42.5 Å². The third-order valence-corrected chi connectivity index (χ3v) is 4.90. The fraction of sp³-hybridized carbons (Fsp3) is 0.684. The normalized spacial score (nSPS) is 11.5. The molecule has 0 aliphatic carbocycles. The Morgan fingerprint density at radius 3 is 2.52 bits per heavy atom. The van der Waals surface area contributed by atoms with Gasteiger partial charge in [0.2, 0.25) is 5.91 Å². The van der Waals surface area contributed by atoms with Gasteiger partial charge in [0.25, 0.3) is 0 Å². The Balaban J connectivity index is 2.09. The summed E-state index contributed by atoms with van der Waals surface area (Å²) in [5, 5.41) is 12.5. The summed E-state index contributed by atoms with van der Waals surface area (Å²) in [4.78, 5) is 21.6. The smallest absolute Gasteiger partial charge is 0.223 e. The van der Waals surface area contributed by atoms with Gasteiger partial charge >= 0.3 is 0 Å². The van der Waals surface area contributed by atoms with E-state index in [1.54, 1.807) is 6.20 Å². The second-order valence-corrected chi connectivity index (χ2v) is 7.80. The summed E-state index contributed by atoms with van der Waals surface area (Å²) >= 11 is 1.51. The van der Waals surface area contributed by atoms with Crippen LogP contribution in [0.4, 0.5) is 5.82 Å². The van der Waals surface area contributed by atoms with Crippen molar-refractivity contribution in [3.05, 3.63) is 6.20 Å². The molecule has 7 nitrogen and oxygen atoms in total. The maximum absolute atomic E-state index is 12.4. The Morgan fingerprint density at radius 2 is 1.93 bits per heavy atom. The molecule has 0 saturated carbocycles. The molecule has 2 rings (SSSR count). The molecule has 150 valence electrons. The van der Waals surface area contributed by atoms with Crippen LogP contribution in [0.5, 0.6) is 0 Å². The zero-order valence-corrected chi connectivity index (χ0v) is 17.9. The summed E-state index contributed by atoms with van der Waals surface area (Å²) in [5.74, 6) is 1.07. The first kappa shape index (κ1) is 21.5. The highest BCUT2D eigenvalue weighted by Crippen LogP contribution is 2.24. The van der Waals surface area contributed by atoms with E-state index in [4.69, 9.17) is 0 Å². The minimum atomic E-state index is 0.113. The van der Waals surface area contributed by atoms with Crippen LogP contribution in [0.1, 0.15) is 53.4 Å². The van der Waals surface area contributed by atoms with Gasteiger partial charge in [-0.25, -0.2) is 14.6 Å². The van der Waals surface area contributed by atoms with Crippen LogP contribution < -0.4 is 10.6 Å². The average molecular weight is 393 g/mol. The first-order valence-corrected chi connectivity index (χ1v) is 11.0. The fourth-order valence-corrected chi connectivity index (χ4v) is 3.47. The van der Waals surface area contributed by atoms with Crippen molar-refractivity contribution in [1.29, 1.82) is 0 Å². The number of nitrogens with zero attached hydrogens (tertiary/aromatic N) is 4. The van der Waals surface area contributed by atoms with E-state index >= 15 is 0 Å². The zero-order chi connectivity index (χ0) is 19.8. The van der Waals surface area contributed by atoms with Gasteiger partial charge in [-0.2, -0.15) is 5.10 Å². The highest BCUT2D eigenvalue weighted by atomic mass is 32.2. The number of carbonyl (C=O) groups is 1. The van der Waals surface area contributed by atoms with Gasteiger partial charge in [-0.05, 0) is 32.9 Å².